The van der Waals surface area contributed by atoms with Gasteiger partial charge in [0.15, 0.2) is 5.96 Å². The summed E-state index contributed by atoms with van der Waals surface area (Å²) in [4.78, 5) is 11.3. The Balaban J connectivity index is 0.00000312. The molecule has 1 aliphatic rings. The van der Waals surface area contributed by atoms with Gasteiger partial charge in [-0.15, -0.1) is 24.0 Å². The molecule has 1 aromatic rings. The van der Waals surface area contributed by atoms with Gasteiger partial charge >= 0.3 is 0 Å². The molecule has 0 spiro atoms. The number of likely N-dealkylation sites (tertiary alicyclic amines) is 1. The van der Waals surface area contributed by atoms with E-state index in [4.69, 9.17) is 4.74 Å². The van der Waals surface area contributed by atoms with Gasteiger partial charge in [-0.2, -0.15) is 0 Å². The molecule has 0 amide bonds. The van der Waals surface area contributed by atoms with Crippen LogP contribution in [-0.4, -0.2) is 56.2 Å². The van der Waals surface area contributed by atoms with E-state index in [1.54, 1.807) is 14.2 Å². The number of aliphatic imine (C=N–C) groups is 1. The number of halogens is 1. The van der Waals surface area contributed by atoms with E-state index < -0.39 is 0 Å². The van der Waals surface area contributed by atoms with Crippen molar-refractivity contribution in [2.45, 2.75) is 39.7 Å². The Morgan fingerprint density at radius 1 is 1.24 bits per heavy atom. The molecule has 0 atom stereocenters. The highest BCUT2D eigenvalue weighted by molar-refractivity contribution is 14.0. The number of guanidine groups is 1. The van der Waals surface area contributed by atoms with Crippen LogP contribution in [0.15, 0.2) is 11.2 Å². The molecule has 2 rings (SSSR count). The summed E-state index contributed by atoms with van der Waals surface area (Å²) in [6, 6.07) is 0. The van der Waals surface area contributed by atoms with Crippen molar-refractivity contribution in [3.05, 3.63) is 23.0 Å². The molecule has 1 aliphatic heterocycles. The highest BCUT2D eigenvalue weighted by atomic mass is 127. The Labute approximate surface area is 168 Å². The first-order valence-electron chi connectivity index (χ1n) is 8.81. The summed E-state index contributed by atoms with van der Waals surface area (Å²) < 4.78 is 5.46. The molecule has 1 aromatic heterocycles. The normalized spacial score (nSPS) is 15.4. The molecular formula is C18H32IN5O. The number of hydrogen-bond acceptors (Lipinski definition) is 4. The third-order valence-electron chi connectivity index (χ3n) is 4.57. The number of aromatic nitrogens is 1. The Kier molecular flexibility index (Phi) is 10.1. The second-order valence-electron chi connectivity index (χ2n) is 6.30. The topological polar surface area (TPSA) is 61.8 Å². The first-order valence-corrected chi connectivity index (χ1v) is 8.81. The van der Waals surface area contributed by atoms with Crippen molar-refractivity contribution >= 4 is 29.9 Å². The molecule has 142 valence electrons. The Hall–Kier alpha value is -1.09. The number of pyridine rings is 1. The lowest BCUT2D eigenvalue weighted by Crippen LogP contribution is -2.42. The van der Waals surface area contributed by atoms with Crippen LogP contribution in [0.1, 0.15) is 36.1 Å². The summed E-state index contributed by atoms with van der Waals surface area (Å²) in [5, 5.41) is 6.72. The number of hydrogen-bond donors (Lipinski definition) is 2. The van der Waals surface area contributed by atoms with E-state index >= 15 is 0 Å². The van der Waals surface area contributed by atoms with E-state index in [0.29, 0.717) is 6.54 Å². The molecule has 2 N–H and O–H groups in total. The monoisotopic (exact) mass is 461 g/mol. The fraction of sp³-hybridized carbons (Fsp3) is 0.667. The van der Waals surface area contributed by atoms with Crippen LogP contribution in [0.5, 0.6) is 5.75 Å². The number of ether oxygens (including phenoxy) is 1. The van der Waals surface area contributed by atoms with E-state index in [2.05, 4.69) is 25.5 Å². The predicted octanol–water partition coefficient (Wildman–Crippen LogP) is 2.48. The number of piperidine rings is 1. The van der Waals surface area contributed by atoms with E-state index in [1.165, 1.54) is 32.4 Å². The van der Waals surface area contributed by atoms with Gasteiger partial charge < -0.3 is 20.3 Å². The summed E-state index contributed by atoms with van der Waals surface area (Å²) in [5.74, 6) is 1.72. The van der Waals surface area contributed by atoms with Crippen LogP contribution in [0.2, 0.25) is 0 Å². The molecule has 0 aromatic carbocycles. The third kappa shape index (κ3) is 6.62. The molecular weight excluding hydrogens is 429 g/mol. The maximum absolute atomic E-state index is 5.46. The largest absolute Gasteiger partial charge is 0.496 e. The Bertz CT molecular complexity index is 559. The molecule has 0 aliphatic carbocycles. The van der Waals surface area contributed by atoms with Gasteiger partial charge in [0, 0.05) is 37.5 Å². The van der Waals surface area contributed by atoms with Gasteiger partial charge in [0.2, 0.25) is 0 Å². The highest BCUT2D eigenvalue weighted by Gasteiger charge is 2.11. The number of nitrogens with zero attached hydrogens (tertiary/aromatic N) is 3. The zero-order chi connectivity index (χ0) is 17.4. The summed E-state index contributed by atoms with van der Waals surface area (Å²) in [6.07, 6.45) is 5.88. The maximum Gasteiger partial charge on any atom is 0.191 e. The molecule has 1 fully saturated rings. The SMILES string of the molecule is CN=C(NCCN1CCCCC1)NCc1ncc(C)c(OC)c1C.I. The van der Waals surface area contributed by atoms with Crippen molar-refractivity contribution in [1.82, 2.24) is 20.5 Å². The second kappa shape index (κ2) is 11.5. The summed E-state index contributed by atoms with van der Waals surface area (Å²) in [6.45, 7) is 9.10. The molecule has 0 unspecified atom stereocenters. The molecule has 6 nitrogen and oxygen atoms in total. The van der Waals surface area contributed by atoms with Gasteiger partial charge in [0.1, 0.15) is 5.75 Å². The van der Waals surface area contributed by atoms with Crippen LogP contribution >= 0.6 is 24.0 Å². The van der Waals surface area contributed by atoms with Crippen molar-refractivity contribution < 1.29 is 4.74 Å². The van der Waals surface area contributed by atoms with E-state index in [1.807, 2.05) is 20.0 Å². The average molecular weight is 461 g/mol. The third-order valence-corrected chi connectivity index (χ3v) is 4.57. The zero-order valence-corrected chi connectivity index (χ0v) is 18.2. The van der Waals surface area contributed by atoms with Crippen LogP contribution in [0.25, 0.3) is 0 Å². The number of aryl methyl sites for hydroxylation is 1. The Morgan fingerprint density at radius 2 is 1.96 bits per heavy atom. The van der Waals surface area contributed by atoms with Crippen LogP contribution in [0.3, 0.4) is 0 Å². The van der Waals surface area contributed by atoms with Crippen LogP contribution in [0, 0.1) is 13.8 Å². The first-order chi connectivity index (χ1) is 11.7. The van der Waals surface area contributed by atoms with Gasteiger partial charge in [-0.25, -0.2) is 0 Å². The van der Waals surface area contributed by atoms with Gasteiger partial charge in [-0.05, 0) is 39.8 Å². The van der Waals surface area contributed by atoms with Crippen LogP contribution in [0.4, 0.5) is 0 Å². The number of nitrogens with one attached hydrogen (secondary N) is 2. The van der Waals surface area contributed by atoms with Crippen molar-refractivity contribution in [3.8, 4) is 5.75 Å². The minimum Gasteiger partial charge on any atom is -0.496 e. The lowest BCUT2D eigenvalue weighted by molar-refractivity contribution is 0.232. The molecule has 0 radical (unpaired) electrons. The van der Waals surface area contributed by atoms with Crippen molar-refractivity contribution in [3.63, 3.8) is 0 Å². The van der Waals surface area contributed by atoms with Crippen molar-refractivity contribution in [2.24, 2.45) is 4.99 Å². The van der Waals surface area contributed by atoms with Gasteiger partial charge in [0.25, 0.3) is 0 Å². The minimum atomic E-state index is 0. The minimum absolute atomic E-state index is 0. The molecule has 1 saturated heterocycles. The standard InChI is InChI=1S/C18H31N5O.HI/c1-14-12-21-16(15(2)17(14)24-4)13-22-18(19-3)20-8-11-23-9-6-5-7-10-23;/h12H,5-11,13H2,1-4H3,(H2,19,20,22);1H. The Morgan fingerprint density at radius 3 is 2.60 bits per heavy atom. The van der Waals surface area contributed by atoms with Crippen LogP contribution in [-0.2, 0) is 6.54 Å². The van der Waals surface area contributed by atoms with E-state index in [-0.39, 0.29) is 24.0 Å². The van der Waals surface area contributed by atoms with Gasteiger partial charge in [-0.3, -0.25) is 9.98 Å². The smallest absolute Gasteiger partial charge is 0.191 e. The lowest BCUT2D eigenvalue weighted by atomic mass is 10.1. The zero-order valence-electron chi connectivity index (χ0n) is 15.9. The fourth-order valence-corrected chi connectivity index (χ4v) is 3.15. The molecule has 7 heteroatoms. The summed E-state index contributed by atoms with van der Waals surface area (Å²) >= 11 is 0. The predicted molar refractivity (Wildman–Crippen MR) is 114 cm³/mol. The summed E-state index contributed by atoms with van der Waals surface area (Å²) in [5.41, 5.74) is 3.12. The number of methoxy groups -OCH3 is 1. The first kappa shape index (κ1) is 22.0. The molecule has 0 saturated carbocycles. The molecule has 2 heterocycles. The van der Waals surface area contributed by atoms with Crippen molar-refractivity contribution in [2.75, 3.05) is 40.3 Å². The quantitative estimate of drug-likeness (QED) is 0.387. The maximum atomic E-state index is 5.46. The van der Waals surface area contributed by atoms with Crippen molar-refractivity contribution in [1.29, 1.82) is 0 Å². The highest BCUT2D eigenvalue weighted by Crippen LogP contribution is 2.23. The van der Waals surface area contributed by atoms with Crippen LogP contribution < -0.4 is 15.4 Å². The summed E-state index contributed by atoms with van der Waals surface area (Å²) in [7, 11) is 3.50. The number of rotatable bonds is 6. The average Bonchev–Trinajstić information content (AvgIpc) is 2.60. The van der Waals surface area contributed by atoms with E-state index in [0.717, 1.165) is 41.6 Å². The van der Waals surface area contributed by atoms with E-state index in [9.17, 15) is 0 Å². The lowest BCUT2D eigenvalue weighted by Gasteiger charge is -2.26. The van der Waals surface area contributed by atoms with Gasteiger partial charge in [-0.1, -0.05) is 6.42 Å². The van der Waals surface area contributed by atoms with Gasteiger partial charge in [0.05, 0.1) is 19.3 Å². The second-order valence-corrected chi connectivity index (χ2v) is 6.30. The molecule has 0 bridgehead atoms. The fourth-order valence-electron chi connectivity index (χ4n) is 3.15. The molecule has 25 heavy (non-hydrogen) atoms.